The molecule has 1 heterocycles. The Hall–Kier alpha value is -1.31. The van der Waals surface area contributed by atoms with Crippen molar-refractivity contribution in [3.63, 3.8) is 0 Å². The standard InChI is InChI=1S/C19H14ClI2N3O3S/c1-2-25-17(10-3-5-12(20)6-4-10)23-24-19(25)29-15(18(27)28)8-11-7-13(21)9-14(22)16(11)26/h3-9,26H,2H2,1H3,(H,27,28)/b15-8-. The summed E-state index contributed by atoms with van der Waals surface area (Å²) < 4.78 is 3.38. The van der Waals surface area contributed by atoms with E-state index < -0.39 is 5.97 Å². The fourth-order valence-electron chi connectivity index (χ4n) is 2.53. The van der Waals surface area contributed by atoms with Crippen molar-refractivity contribution in [2.24, 2.45) is 0 Å². The lowest BCUT2D eigenvalue weighted by molar-refractivity contribution is -0.131. The van der Waals surface area contributed by atoms with Gasteiger partial charge in [-0.1, -0.05) is 11.6 Å². The number of carboxylic acids is 1. The molecule has 2 N–H and O–H groups in total. The lowest BCUT2D eigenvalue weighted by atomic mass is 10.2. The first-order chi connectivity index (χ1) is 13.8. The van der Waals surface area contributed by atoms with Crippen LogP contribution in [0.4, 0.5) is 0 Å². The third-order valence-electron chi connectivity index (χ3n) is 3.89. The smallest absolute Gasteiger partial charge is 0.342 e. The van der Waals surface area contributed by atoms with Crippen molar-refractivity contribution in [3.05, 3.63) is 59.0 Å². The molecule has 0 aliphatic rings. The van der Waals surface area contributed by atoms with Gasteiger partial charge in [-0.15, -0.1) is 10.2 Å². The highest BCUT2D eigenvalue weighted by Crippen LogP contribution is 2.34. The molecule has 3 aromatic rings. The molecule has 0 saturated heterocycles. The second-order valence-electron chi connectivity index (χ2n) is 5.80. The van der Waals surface area contributed by atoms with Crippen LogP contribution in [0.1, 0.15) is 12.5 Å². The molecule has 29 heavy (non-hydrogen) atoms. The molecule has 0 radical (unpaired) electrons. The van der Waals surface area contributed by atoms with Crippen molar-refractivity contribution in [3.8, 4) is 17.1 Å². The lowest BCUT2D eigenvalue weighted by Gasteiger charge is -2.09. The Bertz CT molecular complexity index is 1100. The monoisotopic (exact) mass is 653 g/mol. The van der Waals surface area contributed by atoms with E-state index in [4.69, 9.17) is 11.6 Å². The molecular formula is C19H14ClI2N3O3S. The molecule has 0 spiro atoms. The number of hydrogen-bond acceptors (Lipinski definition) is 5. The Labute approximate surface area is 203 Å². The van der Waals surface area contributed by atoms with Crippen molar-refractivity contribution >= 4 is 80.6 Å². The molecule has 0 bridgehead atoms. The molecule has 0 saturated carbocycles. The largest absolute Gasteiger partial charge is 0.506 e. The SMILES string of the molecule is CCn1c(S/C(=C\c2cc(I)cc(I)c2O)C(=O)O)nnc1-c1ccc(Cl)cc1. The van der Waals surface area contributed by atoms with Crippen LogP contribution in [-0.4, -0.2) is 30.9 Å². The predicted molar refractivity (Wildman–Crippen MR) is 131 cm³/mol. The number of rotatable bonds is 6. The van der Waals surface area contributed by atoms with Crippen molar-refractivity contribution in [2.45, 2.75) is 18.6 Å². The van der Waals surface area contributed by atoms with Crippen LogP contribution in [0.2, 0.25) is 5.02 Å². The normalized spacial score (nSPS) is 11.7. The van der Waals surface area contributed by atoms with Crippen molar-refractivity contribution in [1.82, 2.24) is 14.8 Å². The highest BCUT2D eigenvalue weighted by Gasteiger charge is 2.19. The number of phenols is 1. The van der Waals surface area contributed by atoms with Gasteiger partial charge in [0.25, 0.3) is 0 Å². The maximum Gasteiger partial charge on any atom is 0.342 e. The Kier molecular flexibility index (Phi) is 7.46. The van der Waals surface area contributed by atoms with Gasteiger partial charge in [0, 0.05) is 26.3 Å². The molecule has 0 atom stereocenters. The summed E-state index contributed by atoms with van der Waals surface area (Å²) in [6.07, 6.45) is 1.45. The second kappa shape index (κ2) is 9.67. The molecule has 0 fully saturated rings. The van der Waals surface area contributed by atoms with Gasteiger partial charge in [0.15, 0.2) is 11.0 Å². The van der Waals surface area contributed by atoms with Gasteiger partial charge in [0.2, 0.25) is 0 Å². The van der Waals surface area contributed by atoms with Gasteiger partial charge in [0.05, 0.1) is 3.57 Å². The number of carbonyl (C=O) groups is 1. The van der Waals surface area contributed by atoms with E-state index in [1.165, 1.54) is 6.08 Å². The average Bonchev–Trinajstić information content (AvgIpc) is 3.08. The molecule has 0 aliphatic carbocycles. The van der Waals surface area contributed by atoms with E-state index in [0.717, 1.165) is 20.9 Å². The molecular weight excluding hydrogens is 640 g/mol. The highest BCUT2D eigenvalue weighted by molar-refractivity contribution is 14.1. The van der Waals surface area contributed by atoms with Gasteiger partial charge in [-0.3, -0.25) is 0 Å². The minimum absolute atomic E-state index is 0.0304. The number of phenolic OH excluding ortho intramolecular Hbond substituents is 1. The Morgan fingerprint density at radius 1 is 1.24 bits per heavy atom. The Balaban J connectivity index is 2.00. The number of nitrogens with zero attached hydrogens (tertiary/aromatic N) is 3. The summed E-state index contributed by atoms with van der Waals surface area (Å²) in [5.41, 5.74) is 1.27. The first-order valence-corrected chi connectivity index (χ1v) is 11.6. The summed E-state index contributed by atoms with van der Waals surface area (Å²) in [7, 11) is 0. The summed E-state index contributed by atoms with van der Waals surface area (Å²) in [5, 5.41) is 29.5. The van der Waals surface area contributed by atoms with E-state index in [0.29, 0.717) is 31.7 Å². The first-order valence-electron chi connectivity index (χ1n) is 8.30. The summed E-state index contributed by atoms with van der Waals surface area (Å²) >= 11 is 11.1. The molecule has 150 valence electrons. The topological polar surface area (TPSA) is 88.2 Å². The Morgan fingerprint density at radius 3 is 2.55 bits per heavy atom. The van der Waals surface area contributed by atoms with E-state index in [1.807, 2.05) is 52.3 Å². The third-order valence-corrected chi connectivity index (χ3v) is 6.59. The zero-order valence-electron chi connectivity index (χ0n) is 14.9. The van der Waals surface area contributed by atoms with E-state index in [9.17, 15) is 15.0 Å². The van der Waals surface area contributed by atoms with Crippen molar-refractivity contribution in [2.75, 3.05) is 0 Å². The predicted octanol–water partition coefficient (Wildman–Crippen LogP) is 5.75. The van der Waals surface area contributed by atoms with Crippen LogP contribution in [0, 0.1) is 7.14 Å². The maximum atomic E-state index is 11.9. The van der Waals surface area contributed by atoms with E-state index in [-0.39, 0.29) is 10.7 Å². The van der Waals surface area contributed by atoms with Gasteiger partial charge < -0.3 is 14.8 Å². The number of benzene rings is 2. The van der Waals surface area contributed by atoms with Crippen LogP contribution in [0.25, 0.3) is 17.5 Å². The van der Waals surface area contributed by atoms with Gasteiger partial charge in [0.1, 0.15) is 10.7 Å². The van der Waals surface area contributed by atoms with Gasteiger partial charge in [-0.05, 0) is 106 Å². The molecule has 0 aliphatic heterocycles. The first kappa shape index (κ1) is 22.4. The summed E-state index contributed by atoms with van der Waals surface area (Å²) in [6, 6.07) is 10.8. The molecule has 10 heteroatoms. The highest BCUT2D eigenvalue weighted by atomic mass is 127. The van der Waals surface area contributed by atoms with E-state index >= 15 is 0 Å². The van der Waals surface area contributed by atoms with E-state index in [2.05, 4.69) is 32.8 Å². The quantitative estimate of drug-likeness (QED) is 0.200. The minimum Gasteiger partial charge on any atom is -0.506 e. The summed E-state index contributed by atoms with van der Waals surface area (Å²) in [4.78, 5) is 11.9. The van der Waals surface area contributed by atoms with Crippen LogP contribution in [-0.2, 0) is 11.3 Å². The van der Waals surface area contributed by atoms with Gasteiger partial charge in [-0.2, -0.15) is 0 Å². The number of aromatic nitrogens is 3. The van der Waals surface area contributed by atoms with E-state index in [1.54, 1.807) is 18.2 Å². The zero-order chi connectivity index (χ0) is 21.1. The molecule has 2 aromatic carbocycles. The molecule has 3 rings (SSSR count). The number of aromatic hydroxyl groups is 1. The number of hydrogen-bond donors (Lipinski definition) is 2. The third kappa shape index (κ3) is 5.25. The average molecular weight is 654 g/mol. The summed E-state index contributed by atoms with van der Waals surface area (Å²) in [5.74, 6) is -0.436. The van der Waals surface area contributed by atoms with Crippen molar-refractivity contribution < 1.29 is 15.0 Å². The zero-order valence-corrected chi connectivity index (χ0v) is 20.8. The number of aliphatic carboxylic acids is 1. The van der Waals surface area contributed by atoms with Gasteiger partial charge in [-0.25, -0.2) is 4.79 Å². The van der Waals surface area contributed by atoms with Crippen LogP contribution in [0.5, 0.6) is 5.75 Å². The van der Waals surface area contributed by atoms with Crippen molar-refractivity contribution in [1.29, 1.82) is 0 Å². The fraction of sp³-hybridized carbons (Fsp3) is 0.105. The fourth-order valence-corrected chi connectivity index (χ4v) is 5.43. The lowest BCUT2D eigenvalue weighted by Crippen LogP contribution is -2.03. The number of halogens is 3. The number of thioether (sulfide) groups is 1. The summed E-state index contributed by atoms with van der Waals surface area (Å²) in [6.45, 7) is 2.50. The molecule has 6 nitrogen and oxygen atoms in total. The molecule has 0 amide bonds. The van der Waals surface area contributed by atoms with Crippen LogP contribution < -0.4 is 0 Å². The van der Waals surface area contributed by atoms with Crippen LogP contribution >= 0.6 is 68.5 Å². The molecule has 0 unspecified atom stereocenters. The number of carboxylic acid groups (broad SMARTS) is 1. The molecule has 1 aromatic heterocycles. The second-order valence-corrected chi connectivity index (χ2v) is 9.65. The van der Waals surface area contributed by atoms with Crippen LogP contribution in [0.3, 0.4) is 0 Å². The Morgan fingerprint density at radius 2 is 1.93 bits per heavy atom. The maximum absolute atomic E-state index is 11.9. The van der Waals surface area contributed by atoms with Gasteiger partial charge >= 0.3 is 5.97 Å². The minimum atomic E-state index is -1.11. The van der Waals surface area contributed by atoms with Crippen LogP contribution in [0.15, 0.2) is 46.5 Å².